The van der Waals surface area contributed by atoms with Gasteiger partial charge in [-0.05, 0) is 81.7 Å². The third kappa shape index (κ3) is 8.68. The van der Waals surface area contributed by atoms with Gasteiger partial charge in [0.1, 0.15) is 5.82 Å². The summed E-state index contributed by atoms with van der Waals surface area (Å²) in [6.07, 6.45) is 1.87. The van der Waals surface area contributed by atoms with E-state index in [1.807, 2.05) is 58.9 Å². The van der Waals surface area contributed by atoms with Crippen LogP contribution in [0.15, 0.2) is 48.5 Å². The molecule has 0 bridgehead atoms. The fourth-order valence-corrected chi connectivity index (χ4v) is 6.59. The Morgan fingerprint density at radius 1 is 1.00 bits per heavy atom. The number of carboxylic acids is 1. The van der Waals surface area contributed by atoms with Gasteiger partial charge in [0.2, 0.25) is 10.0 Å². The molecule has 3 aromatic rings. The van der Waals surface area contributed by atoms with Gasteiger partial charge in [0, 0.05) is 48.7 Å². The van der Waals surface area contributed by atoms with E-state index in [9.17, 15) is 22.7 Å². The molecule has 1 saturated heterocycles. The first-order chi connectivity index (χ1) is 20.8. The molecule has 0 radical (unpaired) electrons. The number of nitrogens with zero attached hydrogens (tertiary/aromatic N) is 3. The summed E-state index contributed by atoms with van der Waals surface area (Å²) in [6.45, 7) is 15.6. The number of aryl methyl sites for hydroxylation is 2. The van der Waals surface area contributed by atoms with Gasteiger partial charge in [-0.15, -0.1) is 0 Å². The summed E-state index contributed by atoms with van der Waals surface area (Å²) in [7, 11) is -3.56. The van der Waals surface area contributed by atoms with E-state index in [0.717, 1.165) is 54.0 Å². The number of benzene rings is 2. The lowest BCUT2D eigenvalue weighted by atomic mass is 9.81. The first-order valence-electron chi connectivity index (χ1n) is 15.3. The van der Waals surface area contributed by atoms with Gasteiger partial charge in [-0.1, -0.05) is 50.2 Å². The van der Waals surface area contributed by atoms with Gasteiger partial charge in [0.25, 0.3) is 0 Å². The number of hydrogen-bond acceptors (Lipinski definition) is 6. The van der Waals surface area contributed by atoms with E-state index in [2.05, 4.69) is 18.7 Å². The van der Waals surface area contributed by atoms with Crippen LogP contribution in [0.25, 0.3) is 11.1 Å². The van der Waals surface area contributed by atoms with Gasteiger partial charge in [0.05, 0.1) is 17.5 Å². The summed E-state index contributed by atoms with van der Waals surface area (Å²) in [6, 6.07) is 13.5. The Labute approximate surface area is 267 Å². The normalized spacial score (nSPS) is 16.2. The van der Waals surface area contributed by atoms with E-state index in [4.69, 9.17) is 9.72 Å². The maximum atomic E-state index is 13.4. The largest absolute Gasteiger partial charge is 0.479 e. The van der Waals surface area contributed by atoms with Gasteiger partial charge in [0.15, 0.2) is 6.10 Å². The molecule has 0 aliphatic carbocycles. The van der Waals surface area contributed by atoms with Crippen molar-refractivity contribution in [3.8, 4) is 11.1 Å². The molecule has 0 spiro atoms. The van der Waals surface area contributed by atoms with Crippen LogP contribution in [0, 0.1) is 25.1 Å². The first kappa shape index (κ1) is 34.5. The number of sulfonamides is 1. The number of hydrogen-bond donors (Lipinski definition) is 1. The monoisotopic (exact) mass is 639 g/mol. The smallest absolute Gasteiger partial charge is 0.337 e. The lowest BCUT2D eigenvalue weighted by molar-refractivity contribution is -0.160. The average molecular weight is 640 g/mol. The van der Waals surface area contributed by atoms with Crippen LogP contribution in [0.5, 0.6) is 0 Å². The number of piperidine rings is 1. The highest BCUT2D eigenvalue weighted by atomic mass is 32.2. The van der Waals surface area contributed by atoms with Crippen LogP contribution in [0.2, 0.25) is 0 Å². The van der Waals surface area contributed by atoms with Crippen molar-refractivity contribution in [3.63, 3.8) is 0 Å². The molecule has 4 rings (SSSR count). The van der Waals surface area contributed by atoms with Crippen LogP contribution in [-0.4, -0.2) is 53.7 Å². The quantitative estimate of drug-likeness (QED) is 0.254. The maximum absolute atomic E-state index is 13.4. The van der Waals surface area contributed by atoms with E-state index < -0.39 is 27.7 Å². The third-order valence-corrected chi connectivity index (χ3v) is 9.51. The Morgan fingerprint density at radius 2 is 1.51 bits per heavy atom. The molecular weight excluding hydrogens is 593 g/mol. The first-order valence-corrected chi connectivity index (χ1v) is 17.1. The molecule has 0 amide bonds. The topological polar surface area (TPSA) is 100 Å². The molecule has 0 saturated carbocycles. The summed E-state index contributed by atoms with van der Waals surface area (Å²) < 4.78 is 46.3. The van der Waals surface area contributed by atoms with Gasteiger partial charge >= 0.3 is 5.97 Å². The highest BCUT2D eigenvalue weighted by Crippen LogP contribution is 2.44. The highest BCUT2D eigenvalue weighted by molar-refractivity contribution is 7.88. The maximum Gasteiger partial charge on any atom is 0.337 e. The molecule has 1 unspecified atom stereocenters. The minimum atomic E-state index is -3.56. The highest BCUT2D eigenvalue weighted by Gasteiger charge is 2.36. The molecule has 2 heterocycles. The van der Waals surface area contributed by atoms with Gasteiger partial charge in [-0.25, -0.2) is 17.6 Å². The summed E-state index contributed by atoms with van der Waals surface area (Å²) >= 11 is 0. The lowest BCUT2D eigenvalue weighted by Gasteiger charge is -2.41. The van der Waals surface area contributed by atoms with Crippen molar-refractivity contribution in [2.24, 2.45) is 5.41 Å². The molecule has 1 aromatic heterocycles. The van der Waals surface area contributed by atoms with E-state index in [-0.39, 0.29) is 24.3 Å². The van der Waals surface area contributed by atoms with Gasteiger partial charge in [-0.3, -0.25) is 4.98 Å². The zero-order valence-corrected chi connectivity index (χ0v) is 28.5. The molecule has 1 atom stereocenters. The number of halogens is 1. The lowest BCUT2D eigenvalue weighted by Crippen LogP contribution is -2.39. The van der Waals surface area contributed by atoms with Crippen molar-refractivity contribution < 1.29 is 27.4 Å². The number of rotatable bonds is 10. The minimum Gasteiger partial charge on any atom is -0.479 e. The number of pyridine rings is 1. The number of carboxylic acid groups (broad SMARTS) is 1. The molecule has 10 heteroatoms. The third-order valence-electron chi connectivity index (χ3n) is 8.31. The zero-order valence-electron chi connectivity index (χ0n) is 27.6. The van der Waals surface area contributed by atoms with Gasteiger partial charge in [-0.2, -0.15) is 4.31 Å². The Hall–Kier alpha value is -3.34. The van der Waals surface area contributed by atoms with E-state index in [1.165, 1.54) is 22.7 Å². The molecule has 2 aromatic carbocycles. The average Bonchev–Trinajstić information content (AvgIpc) is 2.92. The second-order valence-electron chi connectivity index (χ2n) is 13.9. The molecule has 1 fully saturated rings. The van der Waals surface area contributed by atoms with E-state index in [0.29, 0.717) is 16.8 Å². The van der Waals surface area contributed by atoms with E-state index >= 15 is 0 Å². The van der Waals surface area contributed by atoms with Crippen molar-refractivity contribution in [1.29, 1.82) is 0 Å². The number of carbonyl (C=O) groups is 1. The van der Waals surface area contributed by atoms with Crippen molar-refractivity contribution >= 4 is 21.7 Å². The van der Waals surface area contributed by atoms with Gasteiger partial charge < -0.3 is 14.7 Å². The minimum absolute atomic E-state index is 0.116. The number of aliphatic carboxylic acids is 1. The second kappa shape index (κ2) is 13.2. The molecule has 8 nitrogen and oxygen atoms in total. The van der Waals surface area contributed by atoms with Crippen LogP contribution in [-0.2, 0) is 32.6 Å². The molecule has 45 heavy (non-hydrogen) atoms. The van der Waals surface area contributed by atoms with Crippen LogP contribution in [0.4, 0.5) is 10.1 Å². The van der Waals surface area contributed by atoms with Crippen LogP contribution in [0.3, 0.4) is 0 Å². The van der Waals surface area contributed by atoms with Crippen molar-refractivity contribution in [3.05, 3.63) is 82.4 Å². The Kier molecular flexibility index (Phi) is 10.1. The van der Waals surface area contributed by atoms with Crippen LogP contribution < -0.4 is 4.90 Å². The fourth-order valence-electron chi connectivity index (χ4n) is 5.82. The predicted molar refractivity (Wildman–Crippen MR) is 176 cm³/mol. The number of anilines is 1. The van der Waals surface area contributed by atoms with Crippen molar-refractivity contribution in [1.82, 2.24) is 9.29 Å². The number of aromatic nitrogens is 1. The molecule has 1 aliphatic rings. The Bertz CT molecular complexity index is 1620. The van der Waals surface area contributed by atoms with Crippen molar-refractivity contribution in [2.75, 3.05) is 24.2 Å². The standard InChI is InChI=1S/C35H46FN3O5S/c1-23-29(27-13-9-25(10-14-27)21-39(45(8,42)43)22-26-11-15-28(36)16-12-26)31(38-19-17-35(6,7)18-20-38)30(24(2)37-23)32(33(40)41)44-34(3,4)5/h9-16,32H,17-22H2,1-8H3,(H,40,41). The summed E-state index contributed by atoms with van der Waals surface area (Å²) in [5.41, 5.74) is 5.43. The summed E-state index contributed by atoms with van der Waals surface area (Å²) in [5, 5.41) is 10.4. The SMILES string of the molecule is Cc1nc(C)c(C(OC(C)(C)C)C(=O)O)c(N2CCC(C)(C)CC2)c1-c1ccc(CN(Cc2ccc(F)cc2)S(C)(=O)=O)cc1. The summed E-state index contributed by atoms with van der Waals surface area (Å²) in [4.78, 5) is 19.9. The summed E-state index contributed by atoms with van der Waals surface area (Å²) in [5.74, 6) is -1.45. The molecule has 1 N–H and O–H groups in total. The number of ether oxygens (including phenoxy) is 1. The van der Waals surface area contributed by atoms with Crippen molar-refractivity contribution in [2.45, 2.75) is 86.1 Å². The van der Waals surface area contributed by atoms with E-state index in [1.54, 1.807) is 12.1 Å². The Balaban J connectivity index is 1.79. The van der Waals surface area contributed by atoms with Crippen LogP contribution >= 0.6 is 0 Å². The fraction of sp³-hybridized carbons (Fsp3) is 0.486. The molecule has 1 aliphatic heterocycles. The van der Waals surface area contributed by atoms with Crippen LogP contribution in [0.1, 0.15) is 81.6 Å². The predicted octanol–water partition coefficient (Wildman–Crippen LogP) is 7.03. The Morgan fingerprint density at radius 3 is 1.98 bits per heavy atom. The molecular formula is C35H46FN3O5S. The zero-order chi connectivity index (χ0) is 33.3. The second-order valence-corrected chi connectivity index (χ2v) is 15.9. The molecule has 244 valence electrons.